The number of nitrogens with zero attached hydrogens (tertiary/aromatic N) is 1. The fourth-order valence-corrected chi connectivity index (χ4v) is 3.77. The lowest BCUT2D eigenvalue weighted by molar-refractivity contribution is -0.461. The first-order valence-corrected chi connectivity index (χ1v) is 11.6. The van der Waals surface area contributed by atoms with E-state index in [-0.39, 0.29) is 0 Å². The second-order valence-electron chi connectivity index (χ2n) is 9.34. The summed E-state index contributed by atoms with van der Waals surface area (Å²) >= 11 is 0. The van der Waals surface area contributed by atoms with Crippen molar-refractivity contribution in [2.75, 3.05) is 13.2 Å². The maximum Gasteiger partial charge on any atom is 0.460 e. The van der Waals surface area contributed by atoms with Crippen molar-refractivity contribution in [3.63, 3.8) is 0 Å². The number of H-pyrrole nitrogens is 1. The molecule has 25 heteroatoms. The fraction of sp³-hybridized carbons (Fsp3) is 0.800. The largest absolute Gasteiger partial charge is 0.460 e. The maximum atomic E-state index is 14.1. The minimum absolute atomic E-state index is 0.495. The summed E-state index contributed by atoms with van der Waals surface area (Å²) in [6.07, 6.45) is -18.9. The summed E-state index contributed by atoms with van der Waals surface area (Å²) in [4.78, 5) is 24.9. The summed E-state index contributed by atoms with van der Waals surface area (Å²) in [5.41, 5.74) is -2.22. The number of nitrogens with one attached hydrogen (secondary N) is 1. The molecule has 262 valence electrons. The van der Waals surface area contributed by atoms with Gasteiger partial charge in [-0.3, -0.25) is 14.3 Å². The van der Waals surface area contributed by atoms with Crippen molar-refractivity contribution in [1.29, 1.82) is 0 Å². The summed E-state index contributed by atoms with van der Waals surface area (Å²) < 4.78 is 238. The predicted octanol–water partition coefficient (Wildman–Crippen LogP) is 3.96. The third-order valence-electron chi connectivity index (χ3n) is 6.35. The minimum atomic E-state index is -8.73. The van der Waals surface area contributed by atoms with E-state index in [0.717, 1.165) is 6.20 Å². The first-order valence-electron chi connectivity index (χ1n) is 11.6. The van der Waals surface area contributed by atoms with E-state index >= 15 is 0 Å². The smallest absolute Gasteiger partial charge is 0.394 e. The number of halogens is 17. The van der Waals surface area contributed by atoms with Gasteiger partial charge in [0.05, 0.1) is 6.61 Å². The van der Waals surface area contributed by atoms with E-state index in [9.17, 15) is 94.4 Å². The topological polar surface area (TPSA) is 114 Å². The van der Waals surface area contributed by atoms with Gasteiger partial charge in [0.1, 0.15) is 18.3 Å². The minimum Gasteiger partial charge on any atom is -0.394 e. The molecule has 4 atom stereocenters. The second kappa shape index (κ2) is 11.8. The van der Waals surface area contributed by atoms with Crippen LogP contribution in [0.2, 0.25) is 0 Å². The van der Waals surface area contributed by atoms with Crippen LogP contribution < -0.4 is 11.2 Å². The summed E-state index contributed by atoms with van der Waals surface area (Å²) in [6.45, 7) is -2.40. The zero-order valence-corrected chi connectivity index (χ0v) is 21.2. The molecule has 1 saturated heterocycles. The Hall–Kier alpha value is -2.67. The number of aromatic amines is 1. The lowest BCUT2D eigenvalue weighted by atomic mass is 9.88. The Kier molecular flexibility index (Phi) is 10.1. The lowest BCUT2D eigenvalue weighted by Crippen LogP contribution is -2.74. The highest BCUT2D eigenvalue weighted by atomic mass is 19.4. The molecule has 1 aromatic rings. The van der Waals surface area contributed by atoms with Crippen LogP contribution in [0.5, 0.6) is 0 Å². The number of rotatable bonds is 13. The van der Waals surface area contributed by atoms with Crippen molar-refractivity contribution >= 4 is 0 Å². The van der Waals surface area contributed by atoms with Gasteiger partial charge in [0, 0.05) is 25.3 Å². The molecule has 0 radical (unpaired) electrons. The number of aliphatic hydroxyl groups is 2. The van der Waals surface area contributed by atoms with E-state index < -0.39 is 109 Å². The van der Waals surface area contributed by atoms with Gasteiger partial charge in [-0.2, -0.15) is 74.6 Å². The van der Waals surface area contributed by atoms with Crippen LogP contribution in [-0.2, 0) is 9.47 Å². The molecule has 2 rings (SSSR count). The predicted molar refractivity (Wildman–Crippen MR) is 108 cm³/mol. The molecular formula is C20H17F17N2O6. The van der Waals surface area contributed by atoms with E-state index in [1.807, 2.05) is 0 Å². The number of hydrogen-bond donors (Lipinski definition) is 3. The van der Waals surface area contributed by atoms with Gasteiger partial charge in [-0.25, -0.2) is 4.79 Å². The standard InChI is InChI=1S/C20H17F17N2O6/c21-13(22,3-1-5-44-10-9(42)7(6-40)45-11(10)39-4-2-8(41)38-12(39)43)14(23,24)15(25,26)16(27,28)17(29,30)18(31,32)19(33,34)20(35,36)37/h2,4,7,9-11,40,42H,1,3,5-6H2,(H,38,41,43)/t7-,9?,10?,11-/m1/s1. The van der Waals surface area contributed by atoms with Gasteiger partial charge in [-0.15, -0.1) is 0 Å². The third kappa shape index (κ3) is 5.99. The van der Waals surface area contributed by atoms with Crippen LogP contribution in [0.25, 0.3) is 0 Å². The zero-order valence-electron chi connectivity index (χ0n) is 21.2. The van der Waals surface area contributed by atoms with Gasteiger partial charge in [0.2, 0.25) is 0 Å². The monoisotopic (exact) mass is 704 g/mol. The number of hydrogen-bond acceptors (Lipinski definition) is 6. The molecular weight excluding hydrogens is 687 g/mol. The molecule has 0 amide bonds. The maximum absolute atomic E-state index is 14.1. The van der Waals surface area contributed by atoms with Gasteiger partial charge in [0.15, 0.2) is 6.23 Å². The van der Waals surface area contributed by atoms with Crippen molar-refractivity contribution in [2.45, 2.75) is 85.0 Å². The van der Waals surface area contributed by atoms with E-state index in [1.54, 1.807) is 4.98 Å². The third-order valence-corrected chi connectivity index (χ3v) is 6.35. The normalized spacial score (nSPS) is 23.1. The van der Waals surface area contributed by atoms with Crippen LogP contribution >= 0.6 is 0 Å². The van der Waals surface area contributed by atoms with Crippen LogP contribution in [-0.4, -0.2) is 98.9 Å². The Labute approximate surface area is 236 Å². The zero-order chi connectivity index (χ0) is 35.4. The van der Waals surface area contributed by atoms with Crippen LogP contribution in [0.4, 0.5) is 74.6 Å². The van der Waals surface area contributed by atoms with E-state index in [2.05, 4.69) is 0 Å². The van der Waals surface area contributed by atoms with Crippen molar-refractivity contribution < 1.29 is 94.3 Å². The molecule has 0 saturated carbocycles. The molecule has 1 fully saturated rings. The molecule has 0 spiro atoms. The highest BCUT2D eigenvalue weighted by Crippen LogP contribution is 2.64. The van der Waals surface area contributed by atoms with E-state index in [1.165, 1.54) is 0 Å². The van der Waals surface area contributed by atoms with E-state index in [4.69, 9.17) is 9.47 Å². The van der Waals surface area contributed by atoms with Crippen molar-refractivity contribution in [3.05, 3.63) is 33.1 Å². The molecule has 0 bridgehead atoms. The first-order chi connectivity index (χ1) is 20.0. The number of aromatic nitrogens is 2. The number of alkyl halides is 17. The highest BCUT2D eigenvalue weighted by Gasteiger charge is 2.95. The van der Waals surface area contributed by atoms with Gasteiger partial charge < -0.3 is 19.7 Å². The summed E-state index contributed by atoms with van der Waals surface area (Å²) in [7, 11) is 0. The van der Waals surface area contributed by atoms with Crippen LogP contribution in [0.15, 0.2) is 21.9 Å². The summed E-state index contributed by atoms with van der Waals surface area (Å²) in [5.74, 6) is -57.2. The Morgan fingerprint density at radius 2 is 1.24 bits per heavy atom. The van der Waals surface area contributed by atoms with Gasteiger partial charge in [-0.05, 0) is 6.42 Å². The van der Waals surface area contributed by atoms with Crippen LogP contribution in [0, 0.1) is 0 Å². The lowest BCUT2D eigenvalue weighted by Gasteiger charge is -2.42. The molecule has 0 aromatic carbocycles. The molecule has 1 aliphatic heterocycles. The molecule has 2 heterocycles. The van der Waals surface area contributed by atoms with Gasteiger partial charge in [-0.1, -0.05) is 0 Å². The van der Waals surface area contributed by atoms with Crippen LogP contribution in [0.3, 0.4) is 0 Å². The SMILES string of the molecule is O=c1ccn([C@@H]2O[C@H](CO)C(O)C2OCCCC(F)(F)C(F)(F)C(F)(F)C(F)(F)C(F)(F)C(F)(F)C(F)(F)C(F)(F)F)c(=O)[nH]1. The molecule has 45 heavy (non-hydrogen) atoms. The molecule has 3 N–H and O–H groups in total. The Balaban J connectivity index is 2.29. The van der Waals surface area contributed by atoms with E-state index in [0.29, 0.717) is 10.6 Å². The second-order valence-corrected chi connectivity index (χ2v) is 9.34. The Morgan fingerprint density at radius 3 is 1.69 bits per heavy atom. The first kappa shape index (κ1) is 38.5. The van der Waals surface area contributed by atoms with Gasteiger partial charge >= 0.3 is 53.3 Å². The molecule has 8 nitrogen and oxygen atoms in total. The molecule has 1 aliphatic rings. The van der Waals surface area contributed by atoms with Crippen molar-refractivity contribution in [2.24, 2.45) is 0 Å². The average Bonchev–Trinajstić information content (AvgIpc) is 3.19. The van der Waals surface area contributed by atoms with Gasteiger partial charge in [0.25, 0.3) is 5.56 Å². The van der Waals surface area contributed by atoms with Crippen molar-refractivity contribution in [1.82, 2.24) is 9.55 Å². The Morgan fingerprint density at radius 1 is 0.778 bits per heavy atom. The van der Waals surface area contributed by atoms with Crippen molar-refractivity contribution in [3.8, 4) is 0 Å². The number of aliphatic hydroxyl groups excluding tert-OH is 2. The van der Waals surface area contributed by atoms with Crippen LogP contribution in [0.1, 0.15) is 19.1 Å². The summed E-state index contributed by atoms with van der Waals surface area (Å²) in [5, 5.41) is 19.4. The molecule has 1 aromatic heterocycles. The summed E-state index contributed by atoms with van der Waals surface area (Å²) in [6, 6.07) is 0.711. The highest BCUT2D eigenvalue weighted by molar-refractivity contribution is 5.15. The molecule has 0 aliphatic carbocycles. The molecule has 2 unspecified atom stereocenters. The quantitative estimate of drug-likeness (QED) is 0.212. The Bertz CT molecular complexity index is 1310. The number of ether oxygens (including phenoxy) is 2. The average molecular weight is 704 g/mol. The fourth-order valence-electron chi connectivity index (χ4n) is 3.77.